The van der Waals surface area contributed by atoms with E-state index in [0.29, 0.717) is 17.7 Å². The fourth-order valence-electron chi connectivity index (χ4n) is 3.94. The lowest BCUT2D eigenvalue weighted by Crippen LogP contribution is -2.49. The molecule has 2 heterocycles. The van der Waals surface area contributed by atoms with Crippen LogP contribution in [-0.4, -0.2) is 35.8 Å². The number of likely N-dealkylation sites (tertiary alicyclic amines) is 1. The van der Waals surface area contributed by atoms with E-state index in [1.54, 1.807) is 17.0 Å². The van der Waals surface area contributed by atoms with Gasteiger partial charge in [-0.05, 0) is 49.7 Å². The van der Waals surface area contributed by atoms with Gasteiger partial charge in [0, 0.05) is 13.1 Å². The number of carbonyl (C=O) groups excluding carboxylic acids is 2. The smallest absolute Gasteiger partial charge is 0.290 e. The molecule has 1 aliphatic heterocycles. The van der Waals surface area contributed by atoms with Crippen molar-refractivity contribution in [1.29, 1.82) is 0 Å². The summed E-state index contributed by atoms with van der Waals surface area (Å²) in [5.74, 6) is 0.121. The van der Waals surface area contributed by atoms with Gasteiger partial charge in [-0.25, -0.2) is 0 Å². The Labute approximate surface area is 137 Å². The lowest BCUT2D eigenvalue weighted by Gasteiger charge is -2.42. The molecule has 23 heavy (non-hydrogen) atoms. The summed E-state index contributed by atoms with van der Waals surface area (Å²) in [5, 5.41) is 3.12. The zero-order valence-electron chi connectivity index (χ0n) is 13.8. The second kappa shape index (κ2) is 6.77. The van der Waals surface area contributed by atoms with E-state index in [1.165, 1.54) is 31.9 Å². The highest BCUT2D eigenvalue weighted by Crippen LogP contribution is 2.44. The van der Waals surface area contributed by atoms with Gasteiger partial charge in [0.2, 0.25) is 5.91 Å². The highest BCUT2D eigenvalue weighted by Gasteiger charge is 2.39. The second-order valence-electron chi connectivity index (χ2n) is 6.96. The van der Waals surface area contributed by atoms with Crippen molar-refractivity contribution in [3.63, 3.8) is 0 Å². The summed E-state index contributed by atoms with van der Waals surface area (Å²) in [6, 6.07) is 3.00. The first-order valence-corrected chi connectivity index (χ1v) is 8.77. The largest absolute Gasteiger partial charge is 0.459 e. The summed E-state index contributed by atoms with van der Waals surface area (Å²) in [6.07, 6.45) is 9.10. The summed E-state index contributed by atoms with van der Waals surface area (Å²) in [7, 11) is 0. The number of amides is 2. The average Bonchev–Trinajstić information content (AvgIpc) is 3.19. The third-order valence-corrected chi connectivity index (χ3v) is 5.38. The lowest BCUT2D eigenvalue weighted by atomic mass is 9.66. The van der Waals surface area contributed by atoms with Gasteiger partial charge in [-0.2, -0.15) is 0 Å². The Balaban J connectivity index is 1.59. The number of hydrogen-bond donors (Lipinski definition) is 1. The van der Waals surface area contributed by atoms with E-state index in [4.69, 9.17) is 4.42 Å². The van der Waals surface area contributed by atoms with Gasteiger partial charge in [0.05, 0.1) is 6.26 Å². The van der Waals surface area contributed by atoms with Crippen LogP contribution in [0, 0.1) is 5.41 Å². The third-order valence-electron chi connectivity index (χ3n) is 5.38. The number of rotatable bonds is 6. The van der Waals surface area contributed by atoms with E-state index in [2.05, 4.69) is 12.2 Å². The van der Waals surface area contributed by atoms with Crippen LogP contribution in [0.1, 0.15) is 62.4 Å². The number of hydrogen-bond acceptors (Lipinski definition) is 3. The molecule has 1 N–H and O–H groups in total. The average molecular weight is 318 g/mol. The minimum atomic E-state index is -0.355. The van der Waals surface area contributed by atoms with Gasteiger partial charge in [0.15, 0.2) is 5.76 Å². The Morgan fingerprint density at radius 2 is 2.22 bits per heavy atom. The van der Waals surface area contributed by atoms with Crippen LogP contribution in [0.5, 0.6) is 0 Å². The molecule has 1 saturated carbocycles. The standard InChI is InChI=1S/C18H26N2O3/c1-2-8-18(9-5-10-18)13-19-16(21)14-6-3-11-20(14)17(22)15-7-4-12-23-15/h4,7,12,14H,2-3,5-6,8-11,13H2,1H3,(H,19,21)/t14-/m0/s1. The van der Waals surface area contributed by atoms with Crippen molar-refractivity contribution in [1.82, 2.24) is 10.2 Å². The first-order chi connectivity index (χ1) is 11.2. The van der Waals surface area contributed by atoms with Crippen LogP contribution in [0.25, 0.3) is 0 Å². The van der Waals surface area contributed by atoms with Gasteiger partial charge in [0.25, 0.3) is 5.91 Å². The maximum atomic E-state index is 12.6. The zero-order valence-corrected chi connectivity index (χ0v) is 13.8. The Morgan fingerprint density at radius 1 is 1.39 bits per heavy atom. The van der Waals surface area contributed by atoms with Crippen molar-refractivity contribution >= 4 is 11.8 Å². The molecule has 2 fully saturated rings. The van der Waals surface area contributed by atoms with Gasteiger partial charge < -0.3 is 14.6 Å². The van der Waals surface area contributed by atoms with Gasteiger partial charge in [-0.15, -0.1) is 0 Å². The third kappa shape index (κ3) is 3.28. The summed E-state index contributed by atoms with van der Waals surface area (Å²) in [6.45, 7) is 3.57. The zero-order chi connectivity index (χ0) is 16.3. The number of nitrogens with zero attached hydrogens (tertiary/aromatic N) is 1. The summed E-state index contributed by atoms with van der Waals surface area (Å²) >= 11 is 0. The van der Waals surface area contributed by atoms with E-state index in [0.717, 1.165) is 25.8 Å². The molecule has 5 heteroatoms. The van der Waals surface area contributed by atoms with E-state index >= 15 is 0 Å². The highest BCUT2D eigenvalue weighted by molar-refractivity contribution is 5.95. The molecule has 1 atom stereocenters. The Kier molecular flexibility index (Phi) is 4.74. The first kappa shape index (κ1) is 16.1. The molecule has 5 nitrogen and oxygen atoms in total. The number of nitrogens with one attached hydrogen (secondary N) is 1. The van der Waals surface area contributed by atoms with Crippen LogP contribution in [0.4, 0.5) is 0 Å². The highest BCUT2D eigenvalue weighted by atomic mass is 16.3. The fourth-order valence-corrected chi connectivity index (χ4v) is 3.94. The predicted octanol–water partition coefficient (Wildman–Crippen LogP) is 2.97. The summed E-state index contributed by atoms with van der Waals surface area (Å²) < 4.78 is 5.19. The summed E-state index contributed by atoms with van der Waals surface area (Å²) in [4.78, 5) is 26.7. The molecule has 2 amide bonds. The molecule has 126 valence electrons. The molecule has 1 saturated heterocycles. The molecule has 1 aromatic rings. The van der Waals surface area contributed by atoms with Crippen LogP contribution < -0.4 is 5.32 Å². The van der Waals surface area contributed by atoms with Crippen LogP contribution in [0.3, 0.4) is 0 Å². The predicted molar refractivity (Wildman–Crippen MR) is 87.0 cm³/mol. The fraction of sp³-hybridized carbons (Fsp3) is 0.667. The Bertz CT molecular complexity index is 549. The van der Waals surface area contributed by atoms with Gasteiger partial charge in [-0.3, -0.25) is 9.59 Å². The SMILES string of the molecule is CCCC1(CNC(=O)[C@@H]2CCCN2C(=O)c2ccco2)CCC1. The normalized spacial score (nSPS) is 22.7. The van der Waals surface area contributed by atoms with Crippen molar-refractivity contribution in [3.8, 4) is 0 Å². The molecular weight excluding hydrogens is 292 g/mol. The minimum absolute atomic E-state index is 0.00946. The second-order valence-corrected chi connectivity index (χ2v) is 6.96. The van der Waals surface area contributed by atoms with Crippen molar-refractivity contribution in [2.75, 3.05) is 13.1 Å². The molecular formula is C18H26N2O3. The molecule has 0 unspecified atom stereocenters. The Morgan fingerprint density at radius 3 is 2.83 bits per heavy atom. The molecule has 0 bridgehead atoms. The topological polar surface area (TPSA) is 62.6 Å². The maximum Gasteiger partial charge on any atom is 0.290 e. The molecule has 1 aliphatic carbocycles. The quantitative estimate of drug-likeness (QED) is 0.877. The molecule has 2 aliphatic rings. The van der Waals surface area contributed by atoms with Crippen molar-refractivity contribution in [2.45, 2.75) is 57.9 Å². The molecule has 1 aromatic heterocycles. The molecule has 0 radical (unpaired) electrons. The van der Waals surface area contributed by atoms with Crippen molar-refractivity contribution in [3.05, 3.63) is 24.2 Å². The van der Waals surface area contributed by atoms with E-state index in [-0.39, 0.29) is 17.9 Å². The number of furan rings is 1. The minimum Gasteiger partial charge on any atom is -0.459 e. The Hall–Kier alpha value is -1.78. The van der Waals surface area contributed by atoms with E-state index in [1.807, 2.05) is 0 Å². The summed E-state index contributed by atoms with van der Waals surface area (Å²) in [5.41, 5.74) is 0.304. The lowest BCUT2D eigenvalue weighted by molar-refractivity contribution is -0.125. The molecule has 3 rings (SSSR count). The van der Waals surface area contributed by atoms with Crippen LogP contribution in [-0.2, 0) is 4.79 Å². The monoisotopic (exact) mass is 318 g/mol. The molecule has 0 aromatic carbocycles. The van der Waals surface area contributed by atoms with Gasteiger partial charge in [0.1, 0.15) is 6.04 Å². The van der Waals surface area contributed by atoms with Crippen LogP contribution >= 0.6 is 0 Å². The maximum absolute atomic E-state index is 12.6. The van der Waals surface area contributed by atoms with E-state index < -0.39 is 0 Å². The van der Waals surface area contributed by atoms with E-state index in [9.17, 15) is 9.59 Å². The van der Waals surface area contributed by atoms with Crippen LogP contribution in [0.15, 0.2) is 22.8 Å². The van der Waals surface area contributed by atoms with Crippen molar-refractivity contribution < 1.29 is 14.0 Å². The van der Waals surface area contributed by atoms with Gasteiger partial charge >= 0.3 is 0 Å². The number of carbonyl (C=O) groups is 2. The van der Waals surface area contributed by atoms with Gasteiger partial charge in [-0.1, -0.05) is 19.8 Å². The van der Waals surface area contributed by atoms with Crippen LogP contribution in [0.2, 0.25) is 0 Å². The van der Waals surface area contributed by atoms with Crippen molar-refractivity contribution in [2.24, 2.45) is 5.41 Å². The molecule has 0 spiro atoms. The first-order valence-electron chi connectivity index (χ1n) is 8.77.